The molecule has 2 saturated heterocycles. The summed E-state index contributed by atoms with van der Waals surface area (Å²) in [7, 11) is 0. The molecule has 0 bridgehead atoms. The van der Waals surface area contributed by atoms with E-state index in [1.54, 1.807) is 11.6 Å². The average molecular weight is 575 g/mol. The molecule has 4 rings (SSSR count). The molecule has 1 aromatic rings. The summed E-state index contributed by atoms with van der Waals surface area (Å²) in [4.78, 5) is 42.9. The molecule has 0 spiro atoms. The van der Waals surface area contributed by atoms with Gasteiger partial charge in [0, 0.05) is 69.9 Å². The normalized spacial score (nSPS) is 24.7. The van der Waals surface area contributed by atoms with Gasteiger partial charge in [-0.15, -0.1) is 0 Å². The third kappa shape index (κ3) is 9.59. The van der Waals surface area contributed by atoms with Crippen molar-refractivity contribution in [3.63, 3.8) is 0 Å². The number of ketones is 1. The van der Waals surface area contributed by atoms with Crippen molar-refractivity contribution in [2.45, 2.75) is 95.8 Å². The number of unbranched alkanes of at least 4 members (excludes halogenated alkanes) is 2. The Morgan fingerprint density at radius 2 is 1.78 bits per heavy atom. The second-order valence-corrected chi connectivity index (χ2v) is 12.0. The van der Waals surface area contributed by atoms with Gasteiger partial charge in [-0.3, -0.25) is 24.1 Å². The van der Waals surface area contributed by atoms with Crippen LogP contribution in [0.3, 0.4) is 0 Å². The minimum Gasteiger partial charge on any atom is -0.379 e. The van der Waals surface area contributed by atoms with Gasteiger partial charge in [-0.05, 0) is 52.0 Å². The minimum absolute atomic E-state index is 0.115. The second-order valence-electron chi connectivity index (χ2n) is 12.0. The molecule has 11 nitrogen and oxygen atoms in total. The number of nitrogens with one attached hydrogen (secondary N) is 2. The Kier molecular flexibility index (Phi) is 12.1. The van der Waals surface area contributed by atoms with E-state index in [0.29, 0.717) is 45.2 Å². The number of aromatic nitrogens is 2. The molecule has 3 aliphatic rings. The molecule has 3 atom stereocenters. The molecule has 230 valence electrons. The molecule has 2 aliphatic heterocycles. The smallest absolute Gasteiger partial charge is 0.242 e. The van der Waals surface area contributed by atoms with Gasteiger partial charge < -0.3 is 24.9 Å². The van der Waals surface area contributed by atoms with Gasteiger partial charge in [0.15, 0.2) is 0 Å². The molecule has 11 heteroatoms. The molecule has 1 saturated carbocycles. The van der Waals surface area contributed by atoms with Crippen molar-refractivity contribution >= 4 is 17.6 Å². The molecule has 1 aliphatic carbocycles. The van der Waals surface area contributed by atoms with Gasteiger partial charge >= 0.3 is 0 Å². The van der Waals surface area contributed by atoms with E-state index in [1.165, 1.54) is 0 Å². The van der Waals surface area contributed by atoms with Crippen LogP contribution >= 0.6 is 0 Å². The van der Waals surface area contributed by atoms with Crippen LogP contribution in [-0.4, -0.2) is 114 Å². The van der Waals surface area contributed by atoms with Crippen molar-refractivity contribution in [2.75, 3.05) is 59.2 Å². The summed E-state index contributed by atoms with van der Waals surface area (Å²) in [5, 5.41) is 10.6. The first-order valence-corrected chi connectivity index (χ1v) is 15.6. The van der Waals surface area contributed by atoms with Crippen LogP contribution in [0.15, 0.2) is 12.3 Å². The predicted molar refractivity (Wildman–Crippen MR) is 155 cm³/mol. The molecule has 41 heavy (non-hydrogen) atoms. The number of hydrogen-bond acceptors (Lipinski definition) is 8. The van der Waals surface area contributed by atoms with Gasteiger partial charge in [0.1, 0.15) is 11.8 Å². The maximum absolute atomic E-state index is 13.6. The van der Waals surface area contributed by atoms with E-state index in [2.05, 4.69) is 25.5 Å². The summed E-state index contributed by atoms with van der Waals surface area (Å²) in [6.45, 7) is 11.2. The largest absolute Gasteiger partial charge is 0.379 e. The van der Waals surface area contributed by atoms with Crippen LogP contribution < -0.4 is 10.6 Å². The molecule has 2 amide bonds. The molecule has 2 N–H and O–H groups in total. The Hall–Kier alpha value is -2.34. The summed E-state index contributed by atoms with van der Waals surface area (Å²) in [6, 6.07) is 1.80. The second kappa shape index (κ2) is 15.8. The summed E-state index contributed by atoms with van der Waals surface area (Å²) in [5.74, 6) is -0.0951. The highest BCUT2D eigenvalue weighted by Crippen LogP contribution is 2.38. The van der Waals surface area contributed by atoms with Gasteiger partial charge in [-0.1, -0.05) is 12.8 Å². The number of ether oxygens (including phenoxy) is 2. The monoisotopic (exact) mass is 574 g/mol. The van der Waals surface area contributed by atoms with E-state index in [9.17, 15) is 14.4 Å². The fourth-order valence-corrected chi connectivity index (χ4v) is 6.54. The first-order valence-electron chi connectivity index (χ1n) is 15.6. The summed E-state index contributed by atoms with van der Waals surface area (Å²) in [6.07, 6.45) is 8.81. The molecule has 2 unspecified atom stereocenters. The van der Waals surface area contributed by atoms with E-state index in [4.69, 9.17) is 9.47 Å². The quantitative estimate of drug-likeness (QED) is 0.304. The highest BCUT2D eigenvalue weighted by atomic mass is 16.5. The molecule has 1 aromatic heterocycles. The van der Waals surface area contributed by atoms with Crippen LogP contribution in [0.1, 0.15) is 70.4 Å². The highest BCUT2D eigenvalue weighted by Gasteiger charge is 2.46. The van der Waals surface area contributed by atoms with E-state index in [1.807, 2.05) is 19.2 Å². The molecular weight excluding hydrogens is 524 g/mol. The lowest BCUT2D eigenvalue weighted by atomic mass is 9.93. The minimum atomic E-state index is -0.600. The van der Waals surface area contributed by atoms with Gasteiger partial charge in [-0.25, -0.2) is 0 Å². The van der Waals surface area contributed by atoms with Crippen molar-refractivity contribution < 1.29 is 23.9 Å². The number of morpholine rings is 2. The van der Waals surface area contributed by atoms with Gasteiger partial charge in [-0.2, -0.15) is 5.10 Å². The Bertz CT molecular complexity index is 990. The SMILES string of the molecule is CC(=O)CCCCC[C@H](NC(=O)CCn1ccc(C)n1)C(=O)NCC1(N2CCOCC2)CCC(N2CCOCC2)C1. The van der Waals surface area contributed by atoms with Gasteiger partial charge in [0.25, 0.3) is 0 Å². The van der Waals surface area contributed by atoms with Crippen molar-refractivity contribution in [3.05, 3.63) is 18.0 Å². The average Bonchev–Trinajstić information content (AvgIpc) is 3.62. The molecule has 0 aromatic carbocycles. The molecule has 3 heterocycles. The lowest BCUT2D eigenvalue weighted by Gasteiger charge is -2.44. The van der Waals surface area contributed by atoms with Gasteiger partial charge in [0.05, 0.1) is 32.1 Å². The number of aryl methyl sites for hydroxylation is 2. The number of carbonyl (C=O) groups is 3. The maximum Gasteiger partial charge on any atom is 0.242 e. The topological polar surface area (TPSA) is 118 Å². The molecule has 0 radical (unpaired) electrons. The molecular formula is C30H50N6O5. The van der Waals surface area contributed by atoms with Crippen LogP contribution in [0.4, 0.5) is 0 Å². The van der Waals surface area contributed by atoms with Gasteiger partial charge in [0.2, 0.25) is 11.8 Å². The van der Waals surface area contributed by atoms with E-state index >= 15 is 0 Å². The Morgan fingerprint density at radius 3 is 2.46 bits per heavy atom. The van der Waals surface area contributed by atoms with E-state index in [0.717, 1.165) is 83.6 Å². The third-order valence-electron chi connectivity index (χ3n) is 8.91. The first-order chi connectivity index (χ1) is 19.8. The number of hydrogen-bond donors (Lipinski definition) is 2. The zero-order valence-electron chi connectivity index (χ0n) is 25.1. The number of nitrogens with zero attached hydrogens (tertiary/aromatic N) is 4. The van der Waals surface area contributed by atoms with Crippen molar-refractivity contribution in [3.8, 4) is 0 Å². The third-order valence-corrected chi connectivity index (χ3v) is 8.91. The van der Waals surface area contributed by atoms with Crippen molar-refractivity contribution in [2.24, 2.45) is 0 Å². The van der Waals surface area contributed by atoms with Crippen LogP contribution in [0.5, 0.6) is 0 Å². The van der Waals surface area contributed by atoms with E-state index < -0.39 is 6.04 Å². The summed E-state index contributed by atoms with van der Waals surface area (Å²) < 4.78 is 13.0. The number of Topliss-reactive ketones (excluding diaryl/α,β-unsaturated/α-hetero) is 1. The van der Waals surface area contributed by atoms with Crippen LogP contribution in [-0.2, 0) is 30.4 Å². The molecule has 3 fully saturated rings. The zero-order valence-corrected chi connectivity index (χ0v) is 25.1. The van der Waals surface area contributed by atoms with Crippen LogP contribution in [0, 0.1) is 6.92 Å². The highest BCUT2D eigenvalue weighted by molar-refractivity contribution is 5.87. The fourth-order valence-electron chi connectivity index (χ4n) is 6.54. The standard InChI is InChI=1S/C30H50N6O5/c1-24-9-12-36(33-24)13-10-28(38)32-27(7-5-3-4-6-25(2)37)29(39)31-23-30(35-16-20-41-21-17-35)11-8-26(22-30)34-14-18-40-19-15-34/h9,12,26-27H,3-8,10-11,13-23H2,1-2H3,(H,31,39)(H,32,38)/t26?,27-,30?/m0/s1. The number of amides is 2. The van der Waals surface area contributed by atoms with Crippen molar-refractivity contribution in [1.29, 1.82) is 0 Å². The number of rotatable bonds is 15. The lowest BCUT2D eigenvalue weighted by Crippen LogP contribution is -2.60. The number of carbonyl (C=O) groups excluding carboxylic acids is 3. The van der Waals surface area contributed by atoms with E-state index in [-0.39, 0.29) is 29.6 Å². The zero-order chi connectivity index (χ0) is 29.1. The first kappa shape index (κ1) is 31.6. The van der Waals surface area contributed by atoms with Crippen LogP contribution in [0.25, 0.3) is 0 Å². The Balaban J connectivity index is 1.36. The fraction of sp³-hybridized carbons (Fsp3) is 0.800. The van der Waals surface area contributed by atoms with Crippen LogP contribution in [0.2, 0.25) is 0 Å². The van der Waals surface area contributed by atoms with Crippen molar-refractivity contribution in [1.82, 2.24) is 30.2 Å². The maximum atomic E-state index is 13.6. The Labute approximate surface area is 244 Å². The lowest BCUT2D eigenvalue weighted by molar-refractivity contribution is -0.130. The predicted octanol–water partition coefficient (Wildman–Crippen LogP) is 1.68. The summed E-state index contributed by atoms with van der Waals surface area (Å²) in [5.41, 5.74) is 0.793. The Morgan fingerprint density at radius 1 is 1.05 bits per heavy atom. The summed E-state index contributed by atoms with van der Waals surface area (Å²) >= 11 is 0.